The first kappa shape index (κ1) is 9.51. The number of fused-ring (bicyclic) bond motifs is 1. The van der Waals surface area contributed by atoms with Gasteiger partial charge in [-0.1, -0.05) is 26.7 Å². The second-order valence-corrected chi connectivity index (χ2v) is 5.26. The van der Waals surface area contributed by atoms with E-state index in [1.54, 1.807) is 0 Å². The summed E-state index contributed by atoms with van der Waals surface area (Å²) in [5.41, 5.74) is -0.178. The lowest BCUT2D eigenvalue weighted by atomic mass is 9.54. The fourth-order valence-electron chi connectivity index (χ4n) is 3.39. The Kier molecular flexibility index (Phi) is 2.18. The van der Waals surface area contributed by atoms with Gasteiger partial charge in [0.15, 0.2) is 0 Å². The molecule has 0 aliphatic heterocycles. The summed E-state index contributed by atoms with van der Waals surface area (Å²) in [6.07, 6.45) is 9.46. The maximum absolute atomic E-state index is 10.7. The molecule has 2 saturated carbocycles. The largest absolute Gasteiger partial charge is 0.389 e. The molecule has 0 unspecified atom stereocenters. The Morgan fingerprint density at radius 2 is 1.92 bits per heavy atom. The zero-order chi connectivity index (χ0) is 9.53. The number of aliphatic hydroxyl groups is 1. The van der Waals surface area contributed by atoms with E-state index >= 15 is 0 Å². The molecule has 2 aliphatic carbocycles. The molecule has 2 rings (SSSR count). The van der Waals surface area contributed by atoms with Crippen molar-refractivity contribution in [2.45, 2.75) is 58.0 Å². The summed E-state index contributed by atoms with van der Waals surface area (Å²) in [7, 11) is 0. The van der Waals surface area contributed by atoms with Crippen LogP contribution in [-0.4, -0.2) is 10.7 Å². The molecule has 0 spiro atoms. The van der Waals surface area contributed by atoms with Gasteiger partial charge in [0.25, 0.3) is 0 Å². The Balaban J connectivity index is 2.27. The van der Waals surface area contributed by atoms with Crippen LogP contribution in [0, 0.1) is 17.8 Å². The van der Waals surface area contributed by atoms with Crippen LogP contribution in [0.2, 0.25) is 0 Å². The standard InChI is InChI=1S/C12H21O/c1-10-6-5-8-11(2)7-3-4-9-12(10,11)13/h6,10,13H,3-5,7-9H2,1-2H3/t10-,11-,12+/m0/s1. The molecule has 1 heteroatoms. The SMILES string of the molecule is C[C@H]1[CH]CC[C@]2(C)CCCC[C@@]12O. The van der Waals surface area contributed by atoms with Crippen LogP contribution in [0.4, 0.5) is 0 Å². The molecular formula is C12H21O. The molecule has 0 aromatic carbocycles. The molecule has 2 fully saturated rings. The van der Waals surface area contributed by atoms with E-state index in [1.165, 1.54) is 32.1 Å². The van der Waals surface area contributed by atoms with Crippen molar-refractivity contribution < 1.29 is 5.11 Å². The van der Waals surface area contributed by atoms with Gasteiger partial charge in [0.1, 0.15) is 0 Å². The number of hydrogen-bond donors (Lipinski definition) is 1. The van der Waals surface area contributed by atoms with E-state index < -0.39 is 0 Å². The van der Waals surface area contributed by atoms with E-state index in [-0.39, 0.29) is 11.0 Å². The lowest BCUT2D eigenvalue weighted by Gasteiger charge is -2.55. The predicted molar refractivity (Wildman–Crippen MR) is 54.2 cm³/mol. The minimum atomic E-state index is -0.385. The smallest absolute Gasteiger partial charge is 0.0729 e. The topological polar surface area (TPSA) is 20.2 Å². The lowest BCUT2D eigenvalue weighted by Crippen LogP contribution is -2.55. The Labute approximate surface area is 81.5 Å². The zero-order valence-electron chi connectivity index (χ0n) is 8.84. The van der Waals surface area contributed by atoms with Gasteiger partial charge in [-0.2, -0.15) is 0 Å². The van der Waals surface area contributed by atoms with Crippen LogP contribution in [0.5, 0.6) is 0 Å². The van der Waals surface area contributed by atoms with Crippen molar-refractivity contribution in [1.29, 1.82) is 0 Å². The second-order valence-electron chi connectivity index (χ2n) is 5.26. The quantitative estimate of drug-likeness (QED) is 0.609. The summed E-state index contributed by atoms with van der Waals surface area (Å²) in [5, 5.41) is 10.7. The summed E-state index contributed by atoms with van der Waals surface area (Å²) < 4.78 is 0. The Hall–Kier alpha value is -0.0400. The monoisotopic (exact) mass is 181 g/mol. The first-order chi connectivity index (χ1) is 6.08. The Bertz CT molecular complexity index is 197. The molecule has 0 amide bonds. The van der Waals surface area contributed by atoms with Crippen LogP contribution in [-0.2, 0) is 0 Å². The molecule has 0 saturated heterocycles. The zero-order valence-corrected chi connectivity index (χ0v) is 8.84. The molecule has 0 heterocycles. The Morgan fingerprint density at radius 1 is 1.23 bits per heavy atom. The van der Waals surface area contributed by atoms with Gasteiger partial charge in [-0.25, -0.2) is 0 Å². The molecule has 13 heavy (non-hydrogen) atoms. The summed E-state index contributed by atoms with van der Waals surface area (Å²) in [6, 6.07) is 0. The van der Waals surface area contributed by atoms with Gasteiger partial charge in [-0.05, 0) is 43.4 Å². The molecule has 0 aromatic rings. The van der Waals surface area contributed by atoms with Gasteiger partial charge in [0, 0.05) is 0 Å². The molecule has 1 N–H and O–H groups in total. The summed E-state index contributed by atoms with van der Waals surface area (Å²) in [5.74, 6) is 0.395. The lowest BCUT2D eigenvalue weighted by molar-refractivity contribution is -0.150. The van der Waals surface area contributed by atoms with E-state index in [0.29, 0.717) is 5.92 Å². The normalized spacial score (nSPS) is 51.5. The van der Waals surface area contributed by atoms with E-state index in [4.69, 9.17) is 0 Å². The summed E-state index contributed by atoms with van der Waals surface area (Å²) in [4.78, 5) is 0. The van der Waals surface area contributed by atoms with E-state index in [1.807, 2.05) is 0 Å². The van der Waals surface area contributed by atoms with E-state index in [2.05, 4.69) is 20.3 Å². The van der Waals surface area contributed by atoms with Gasteiger partial charge in [0.05, 0.1) is 5.60 Å². The molecule has 0 bridgehead atoms. The average molecular weight is 181 g/mol. The molecule has 75 valence electrons. The van der Waals surface area contributed by atoms with Crippen LogP contribution in [0.3, 0.4) is 0 Å². The highest BCUT2D eigenvalue weighted by atomic mass is 16.3. The van der Waals surface area contributed by atoms with Crippen molar-refractivity contribution in [1.82, 2.24) is 0 Å². The second kappa shape index (κ2) is 2.98. The average Bonchev–Trinajstić information content (AvgIpc) is 2.09. The van der Waals surface area contributed by atoms with Gasteiger partial charge in [0.2, 0.25) is 0 Å². The molecule has 1 radical (unpaired) electrons. The maximum atomic E-state index is 10.7. The van der Waals surface area contributed by atoms with Crippen molar-refractivity contribution in [3.8, 4) is 0 Å². The minimum absolute atomic E-state index is 0.208. The van der Waals surface area contributed by atoms with Crippen LogP contribution < -0.4 is 0 Å². The fraction of sp³-hybridized carbons (Fsp3) is 0.917. The molecule has 2 aliphatic rings. The highest BCUT2D eigenvalue weighted by Gasteiger charge is 2.53. The van der Waals surface area contributed by atoms with Gasteiger partial charge < -0.3 is 5.11 Å². The van der Waals surface area contributed by atoms with Gasteiger partial charge >= 0.3 is 0 Å². The third-order valence-electron chi connectivity index (χ3n) is 4.55. The summed E-state index contributed by atoms with van der Waals surface area (Å²) in [6.45, 7) is 4.47. The highest BCUT2D eigenvalue weighted by Crippen LogP contribution is 2.54. The van der Waals surface area contributed by atoms with E-state index in [9.17, 15) is 5.11 Å². The first-order valence-corrected chi connectivity index (χ1v) is 5.64. The minimum Gasteiger partial charge on any atom is -0.389 e. The molecule has 1 nitrogen and oxygen atoms in total. The number of hydrogen-bond acceptors (Lipinski definition) is 1. The van der Waals surface area contributed by atoms with E-state index in [0.717, 1.165) is 6.42 Å². The first-order valence-electron chi connectivity index (χ1n) is 5.64. The van der Waals surface area contributed by atoms with Gasteiger partial charge in [-0.3, -0.25) is 0 Å². The van der Waals surface area contributed by atoms with Crippen molar-refractivity contribution in [3.63, 3.8) is 0 Å². The molecule has 0 aromatic heterocycles. The highest BCUT2D eigenvalue weighted by molar-refractivity contribution is 5.08. The maximum Gasteiger partial charge on any atom is 0.0729 e. The predicted octanol–water partition coefficient (Wildman–Crippen LogP) is 2.93. The van der Waals surface area contributed by atoms with Crippen molar-refractivity contribution in [2.75, 3.05) is 0 Å². The third-order valence-corrected chi connectivity index (χ3v) is 4.55. The van der Waals surface area contributed by atoms with Crippen molar-refractivity contribution in [3.05, 3.63) is 6.42 Å². The third kappa shape index (κ3) is 1.24. The Morgan fingerprint density at radius 3 is 2.62 bits per heavy atom. The van der Waals surface area contributed by atoms with Crippen molar-refractivity contribution in [2.24, 2.45) is 11.3 Å². The van der Waals surface area contributed by atoms with Gasteiger partial charge in [-0.15, -0.1) is 0 Å². The fourth-order valence-corrected chi connectivity index (χ4v) is 3.39. The van der Waals surface area contributed by atoms with Crippen LogP contribution >= 0.6 is 0 Å². The van der Waals surface area contributed by atoms with Crippen LogP contribution in [0.1, 0.15) is 52.4 Å². The van der Waals surface area contributed by atoms with Crippen molar-refractivity contribution >= 4 is 0 Å². The van der Waals surface area contributed by atoms with Crippen LogP contribution in [0.15, 0.2) is 0 Å². The molecule has 3 atom stereocenters. The summed E-state index contributed by atoms with van der Waals surface area (Å²) >= 11 is 0. The molecular weight excluding hydrogens is 160 g/mol. The van der Waals surface area contributed by atoms with Crippen LogP contribution in [0.25, 0.3) is 0 Å². The number of rotatable bonds is 0.